The summed E-state index contributed by atoms with van der Waals surface area (Å²) in [5, 5.41) is -0.444. The molecule has 1 saturated heterocycles. The Balaban J connectivity index is 2.59. The van der Waals surface area contributed by atoms with Gasteiger partial charge in [-0.05, 0) is 28.8 Å². The van der Waals surface area contributed by atoms with Crippen molar-refractivity contribution < 1.29 is 4.79 Å². The number of anilines is 1. The molecule has 5 nitrogen and oxygen atoms in total. The van der Waals surface area contributed by atoms with Gasteiger partial charge in [-0.2, -0.15) is 0 Å². The van der Waals surface area contributed by atoms with Crippen LogP contribution in [0.5, 0.6) is 0 Å². The average Bonchev–Trinajstić information content (AvgIpc) is 2.54. The number of carbonyl (C=O) groups is 1. The van der Waals surface area contributed by atoms with Crippen LogP contribution in [0.1, 0.15) is 13.8 Å². The van der Waals surface area contributed by atoms with E-state index < -0.39 is 0 Å². The predicted octanol–water partition coefficient (Wildman–Crippen LogP) is -3.17. The first kappa shape index (κ1) is 17.3. The van der Waals surface area contributed by atoms with Crippen LogP contribution in [0.4, 0.5) is 10.6 Å². The van der Waals surface area contributed by atoms with Crippen LogP contribution in [0.25, 0.3) is 0 Å². The third-order valence-electron chi connectivity index (χ3n) is 4.14. The first-order valence-electron chi connectivity index (χ1n) is 7.60. The Bertz CT molecular complexity index is 594. The van der Waals surface area contributed by atoms with Crippen LogP contribution in [0.3, 0.4) is 0 Å². The van der Waals surface area contributed by atoms with Crippen LogP contribution in [0.15, 0.2) is 12.3 Å². The average molecular weight is 314 g/mol. The lowest BCUT2D eigenvalue weighted by molar-refractivity contribution is 0.208. The van der Waals surface area contributed by atoms with Crippen molar-refractivity contribution in [2.75, 3.05) is 4.90 Å². The molecular weight excluding hydrogens is 294 g/mol. The minimum Gasteiger partial charge on any atom is -0.350 e. The summed E-state index contributed by atoms with van der Waals surface area (Å²) in [5.74, 6) is 0.837. The molecule has 11 heteroatoms. The Labute approximate surface area is 141 Å². The highest BCUT2D eigenvalue weighted by molar-refractivity contribution is 6.61. The normalized spacial score (nSPS) is 21.6. The summed E-state index contributed by atoms with van der Waals surface area (Å²) in [6.45, 7) is 4.25. The van der Waals surface area contributed by atoms with E-state index in [1.165, 1.54) is 0 Å². The lowest BCUT2D eigenvalue weighted by Crippen LogP contribution is -2.64. The fourth-order valence-electron chi connectivity index (χ4n) is 3.89. The molecule has 0 aliphatic carbocycles. The van der Waals surface area contributed by atoms with E-state index in [4.69, 9.17) is 11.6 Å². The number of urea groups is 1. The molecule has 1 aromatic heterocycles. The summed E-state index contributed by atoms with van der Waals surface area (Å²) in [6.07, 6.45) is 1.59. The SMILES string of the molecule is BC(B)(B)N1C(=O)N(c2ccnc(Cl)n2)C(C(C)C)C1(B)B. The van der Waals surface area contributed by atoms with E-state index in [1.54, 1.807) is 17.2 Å². The molecule has 0 bridgehead atoms. The van der Waals surface area contributed by atoms with Gasteiger partial charge in [-0.15, -0.1) is 0 Å². The van der Waals surface area contributed by atoms with Crippen molar-refractivity contribution in [2.24, 2.45) is 5.92 Å². The van der Waals surface area contributed by atoms with E-state index in [-0.39, 0.29) is 33.8 Å². The molecule has 1 aliphatic heterocycles. The molecule has 0 N–H and O–H groups in total. The minimum atomic E-state index is -0.319. The van der Waals surface area contributed by atoms with Gasteiger partial charge in [0.25, 0.3) is 0 Å². The molecule has 1 unspecified atom stereocenters. The van der Waals surface area contributed by atoms with Gasteiger partial charge in [-0.25, -0.2) is 14.8 Å². The summed E-state index contributed by atoms with van der Waals surface area (Å²) in [6, 6.07) is 1.71. The highest BCUT2D eigenvalue weighted by Gasteiger charge is 2.55. The second kappa shape index (κ2) is 5.55. The summed E-state index contributed by atoms with van der Waals surface area (Å²) in [5.41, 5.74) is 0. The van der Waals surface area contributed by atoms with Crippen LogP contribution in [-0.4, -0.2) is 76.7 Å². The van der Waals surface area contributed by atoms with Gasteiger partial charge in [0, 0.05) is 11.5 Å². The zero-order valence-corrected chi connectivity index (χ0v) is 15.1. The highest BCUT2D eigenvalue weighted by Crippen LogP contribution is 2.38. The molecule has 2 rings (SSSR count). The summed E-state index contributed by atoms with van der Waals surface area (Å²) in [4.78, 5) is 25.0. The number of hydrogen-bond donors (Lipinski definition) is 0. The quantitative estimate of drug-likeness (QED) is 0.437. The second-order valence-corrected chi connectivity index (χ2v) is 8.02. The maximum Gasteiger partial charge on any atom is 0.323 e. The smallest absolute Gasteiger partial charge is 0.323 e. The molecule has 1 atom stereocenters. The molecule has 2 amide bonds. The first-order valence-corrected chi connectivity index (χ1v) is 7.98. The van der Waals surface area contributed by atoms with Crippen LogP contribution < -0.4 is 4.90 Å². The fourth-order valence-corrected chi connectivity index (χ4v) is 4.03. The van der Waals surface area contributed by atoms with Crippen molar-refractivity contribution in [3.8, 4) is 0 Å². The number of halogens is 1. The molecule has 0 radical (unpaired) electrons. The van der Waals surface area contributed by atoms with Crippen LogP contribution in [-0.2, 0) is 0 Å². The molecule has 0 aromatic carbocycles. The van der Waals surface area contributed by atoms with Crippen LogP contribution in [0.2, 0.25) is 5.28 Å². The zero-order chi connectivity index (χ0) is 16.9. The monoisotopic (exact) mass is 314 g/mol. The van der Waals surface area contributed by atoms with Gasteiger partial charge in [0.15, 0.2) is 0 Å². The standard InChI is InChI=1S/C11H20B5ClN4O/c1-5(2)7-10(12,13)21(11(14,15)16)9(22)20(7)6-3-4-18-8(17)19-6/h3-5,7H,12-16H2,1-2H3. The van der Waals surface area contributed by atoms with Crippen molar-refractivity contribution in [2.45, 2.75) is 30.5 Å². The van der Waals surface area contributed by atoms with Gasteiger partial charge in [-0.1, -0.05) is 13.8 Å². The first-order chi connectivity index (χ1) is 9.98. The Morgan fingerprint density at radius 3 is 2.41 bits per heavy atom. The molecule has 2 heterocycles. The van der Waals surface area contributed by atoms with Gasteiger partial charge < -0.3 is 4.90 Å². The van der Waals surface area contributed by atoms with Gasteiger partial charge >= 0.3 is 6.03 Å². The number of hydrogen-bond acceptors (Lipinski definition) is 3. The van der Waals surface area contributed by atoms with E-state index in [0.29, 0.717) is 5.82 Å². The third-order valence-corrected chi connectivity index (χ3v) is 4.32. The Morgan fingerprint density at radius 1 is 1.36 bits per heavy atom. The van der Waals surface area contributed by atoms with E-state index in [2.05, 4.69) is 63.0 Å². The molecule has 22 heavy (non-hydrogen) atoms. The lowest BCUT2D eigenvalue weighted by Gasteiger charge is -2.45. The van der Waals surface area contributed by atoms with Crippen molar-refractivity contribution in [1.82, 2.24) is 14.9 Å². The topological polar surface area (TPSA) is 49.3 Å². The van der Waals surface area contributed by atoms with E-state index in [9.17, 15) is 4.79 Å². The van der Waals surface area contributed by atoms with Crippen molar-refractivity contribution >= 4 is 62.7 Å². The number of nitrogens with zero attached hydrogens (tertiary/aromatic N) is 4. The Hall–Kier alpha value is -1.04. The van der Waals surface area contributed by atoms with Gasteiger partial charge in [0.1, 0.15) is 45.0 Å². The minimum absolute atomic E-state index is 0.00481. The van der Waals surface area contributed by atoms with Crippen molar-refractivity contribution in [3.05, 3.63) is 17.5 Å². The van der Waals surface area contributed by atoms with Crippen LogP contribution in [0, 0.1) is 5.92 Å². The molecule has 1 fully saturated rings. The van der Waals surface area contributed by atoms with E-state index in [0.717, 1.165) is 0 Å². The van der Waals surface area contributed by atoms with Crippen molar-refractivity contribution in [1.29, 1.82) is 0 Å². The predicted molar refractivity (Wildman–Crippen MR) is 104 cm³/mol. The van der Waals surface area contributed by atoms with E-state index >= 15 is 0 Å². The molecular formula is C11H20B5ClN4O. The van der Waals surface area contributed by atoms with Crippen molar-refractivity contribution in [3.63, 3.8) is 0 Å². The molecule has 1 aromatic rings. The summed E-state index contributed by atoms with van der Waals surface area (Å²) < 4.78 is 0. The van der Waals surface area contributed by atoms with Gasteiger partial charge in [-0.3, -0.25) is 4.90 Å². The molecule has 112 valence electrons. The maximum absolute atomic E-state index is 13.1. The highest BCUT2D eigenvalue weighted by atomic mass is 35.5. The third kappa shape index (κ3) is 2.77. The van der Waals surface area contributed by atoms with Gasteiger partial charge in [0.05, 0.1) is 6.04 Å². The number of aromatic nitrogens is 2. The van der Waals surface area contributed by atoms with Gasteiger partial charge in [0.2, 0.25) is 5.28 Å². The summed E-state index contributed by atoms with van der Waals surface area (Å²) >= 11 is 5.92. The number of amides is 2. The fraction of sp³-hybridized carbons (Fsp3) is 0.545. The molecule has 0 spiro atoms. The number of carbonyl (C=O) groups excluding carboxylic acids is 1. The maximum atomic E-state index is 13.1. The second-order valence-electron chi connectivity index (χ2n) is 7.69. The largest absolute Gasteiger partial charge is 0.350 e. The molecule has 1 aliphatic rings. The Morgan fingerprint density at radius 2 is 1.95 bits per heavy atom. The Kier molecular flexibility index (Phi) is 4.37. The summed E-state index contributed by atoms with van der Waals surface area (Å²) in [7, 11) is 10.4. The number of rotatable bonds is 3. The lowest BCUT2D eigenvalue weighted by atomic mass is 9.44. The van der Waals surface area contributed by atoms with Crippen LogP contribution >= 0.6 is 11.6 Å². The van der Waals surface area contributed by atoms with E-state index in [1.807, 2.05) is 4.90 Å². The molecule has 0 saturated carbocycles. The zero-order valence-electron chi connectivity index (χ0n) is 14.4.